The van der Waals surface area contributed by atoms with Gasteiger partial charge in [-0.3, -0.25) is 9.89 Å². The normalized spacial score (nSPS) is 11.1. The summed E-state index contributed by atoms with van der Waals surface area (Å²) in [6, 6.07) is 8.20. The number of aromatic amines is 2. The zero-order valence-electron chi connectivity index (χ0n) is 14.5. The van der Waals surface area contributed by atoms with Crippen molar-refractivity contribution in [1.82, 2.24) is 20.1 Å². The van der Waals surface area contributed by atoms with Gasteiger partial charge in [-0.15, -0.1) is 0 Å². The molecule has 3 rings (SSSR count). The van der Waals surface area contributed by atoms with Crippen LogP contribution in [0.3, 0.4) is 0 Å². The Bertz CT molecular complexity index is 827. The van der Waals surface area contributed by atoms with Crippen LogP contribution in [0.4, 0.5) is 0 Å². The molecule has 0 aliphatic rings. The summed E-state index contributed by atoms with van der Waals surface area (Å²) in [7, 11) is 1.88. The van der Waals surface area contributed by atoms with Crippen molar-refractivity contribution in [2.75, 3.05) is 13.6 Å². The quantitative estimate of drug-likeness (QED) is 0.731. The Morgan fingerprint density at radius 3 is 2.75 bits per heavy atom. The predicted octanol–water partition coefficient (Wildman–Crippen LogP) is 3.14. The van der Waals surface area contributed by atoms with E-state index in [1.165, 1.54) is 16.5 Å². The molecule has 0 spiro atoms. The van der Waals surface area contributed by atoms with E-state index < -0.39 is 0 Å². The van der Waals surface area contributed by atoms with Crippen molar-refractivity contribution in [2.45, 2.75) is 33.1 Å². The number of hydrogen-bond acceptors (Lipinski definition) is 2. The van der Waals surface area contributed by atoms with Gasteiger partial charge >= 0.3 is 0 Å². The van der Waals surface area contributed by atoms with Crippen molar-refractivity contribution in [3.8, 4) is 0 Å². The molecule has 0 saturated heterocycles. The zero-order chi connectivity index (χ0) is 17.1. The summed E-state index contributed by atoms with van der Waals surface area (Å²) in [6.45, 7) is 4.74. The van der Waals surface area contributed by atoms with Crippen molar-refractivity contribution in [3.63, 3.8) is 0 Å². The summed E-state index contributed by atoms with van der Waals surface area (Å²) < 4.78 is 0. The Balaban J connectivity index is 1.55. The molecule has 3 aromatic rings. The van der Waals surface area contributed by atoms with Gasteiger partial charge in [0.05, 0.1) is 5.69 Å². The molecule has 0 unspecified atom stereocenters. The Labute approximate surface area is 142 Å². The number of aryl methyl sites for hydroxylation is 3. The molecule has 126 valence electrons. The van der Waals surface area contributed by atoms with Crippen LogP contribution in [0.15, 0.2) is 30.5 Å². The Morgan fingerprint density at radius 2 is 2.00 bits per heavy atom. The lowest BCUT2D eigenvalue weighted by atomic mass is 10.1. The number of likely N-dealkylation sites (N-methyl/N-ethyl adjacent to an activating group) is 1. The fraction of sp³-hybridized carbons (Fsp3) is 0.368. The third-order valence-electron chi connectivity index (χ3n) is 4.69. The van der Waals surface area contributed by atoms with Crippen molar-refractivity contribution in [1.29, 1.82) is 0 Å². The fourth-order valence-electron chi connectivity index (χ4n) is 3.12. The molecule has 2 aromatic heterocycles. The molecular formula is C19H24N4O. The van der Waals surface area contributed by atoms with Gasteiger partial charge in [-0.25, -0.2) is 0 Å². The molecule has 0 bridgehead atoms. The molecule has 0 fully saturated rings. The molecule has 5 heteroatoms. The molecule has 0 radical (unpaired) electrons. The highest BCUT2D eigenvalue weighted by molar-refractivity contribution is 5.84. The van der Waals surface area contributed by atoms with E-state index in [4.69, 9.17) is 0 Å². The second kappa shape index (κ2) is 6.91. The molecule has 2 heterocycles. The van der Waals surface area contributed by atoms with E-state index in [1.807, 2.05) is 44.1 Å². The maximum Gasteiger partial charge on any atom is 0.222 e. The molecule has 0 saturated carbocycles. The largest absolute Gasteiger partial charge is 0.361 e. The molecule has 1 amide bonds. The molecule has 0 aliphatic carbocycles. The van der Waals surface area contributed by atoms with Crippen LogP contribution in [0.25, 0.3) is 10.9 Å². The first-order valence-electron chi connectivity index (χ1n) is 8.35. The van der Waals surface area contributed by atoms with Crippen LogP contribution in [0.1, 0.15) is 28.9 Å². The maximum atomic E-state index is 12.4. The van der Waals surface area contributed by atoms with Crippen molar-refractivity contribution >= 4 is 16.8 Å². The lowest BCUT2D eigenvalue weighted by molar-refractivity contribution is -0.129. The van der Waals surface area contributed by atoms with Gasteiger partial charge in [-0.2, -0.15) is 5.10 Å². The summed E-state index contributed by atoms with van der Waals surface area (Å²) in [4.78, 5) is 17.5. The van der Waals surface area contributed by atoms with E-state index >= 15 is 0 Å². The first-order chi connectivity index (χ1) is 11.6. The number of carbonyl (C=O) groups is 1. The SMILES string of the molecule is Cc1n[nH]c(C)c1CCN(C)C(=O)CCc1c[nH]c2ccccc12. The maximum absolute atomic E-state index is 12.4. The number of amides is 1. The predicted molar refractivity (Wildman–Crippen MR) is 96.0 cm³/mol. The molecule has 0 aliphatic heterocycles. The summed E-state index contributed by atoms with van der Waals surface area (Å²) in [5.41, 5.74) is 5.65. The monoisotopic (exact) mass is 324 g/mol. The van der Waals surface area contributed by atoms with Crippen LogP contribution in [0.5, 0.6) is 0 Å². The van der Waals surface area contributed by atoms with Crippen LogP contribution in [-0.4, -0.2) is 39.6 Å². The summed E-state index contributed by atoms with van der Waals surface area (Å²) in [5, 5.41) is 8.41. The molecule has 1 aromatic carbocycles. The van der Waals surface area contributed by atoms with E-state index in [0.717, 1.165) is 29.7 Å². The van der Waals surface area contributed by atoms with Crippen LogP contribution in [-0.2, 0) is 17.6 Å². The number of carbonyl (C=O) groups excluding carboxylic acids is 1. The number of benzene rings is 1. The Hall–Kier alpha value is -2.56. The van der Waals surface area contributed by atoms with Gasteiger partial charge in [0.25, 0.3) is 0 Å². The van der Waals surface area contributed by atoms with E-state index in [2.05, 4.69) is 27.3 Å². The molecule has 0 atom stereocenters. The van der Waals surface area contributed by atoms with Gasteiger partial charge in [0.1, 0.15) is 0 Å². The number of fused-ring (bicyclic) bond motifs is 1. The smallest absolute Gasteiger partial charge is 0.222 e. The molecule has 5 nitrogen and oxygen atoms in total. The van der Waals surface area contributed by atoms with Crippen LogP contribution in [0, 0.1) is 13.8 Å². The molecule has 24 heavy (non-hydrogen) atoms. The highest BCUT2D eigenvalue weighted by Crippen LogP contribution is 2.19. The van der Waals surface area contributed by atoms with Crippen molar-refractivity contribution in [3.05, 3.63) is 53.0 Å². The Morgan fingerprint density at radius 1 is 1.21 bits per heavy atom. The van der Waals surface area contributed by atoms with Gasteiger partial charge in [-0.05, 0) is 43.9 Å². The number of H-pyrrole nitrogens is 2. The van der Waals surface area contributed by atoms with E-state index in [1.54, 1.807) is 0 Å². The standard InChI is InChI=1S/C19H24N4O/c1-13-16(14(2)22-21-13)10-11-23(3)19(24)9-8-15-12-20-18-7-5-4-6-17(15)18/h4-7,12,20H,8-11H2,1-3H3,(H,21,22). The third-order valence-corrected chi connectivity index (χ3v) is 4.69. The van der Waals surface area contributed by atoms with Crippen LogP contribution in [0.2, 0.25) is 0 Å². The number of nitrogens with zero attached hydrogens (tertiary/aromatic N) is 2. The van der Waals surface area contributed by atoms with Crippen molar-refractivity contribution < 1.29 is 4.79 Å². The van der Waals surface area contributed by atoms with E-state index in [-0.39, 0.29) is 5.91 Å². The van der Waals surface area contributed by atoms with Gasteiger partial charge in [0, 0.05) is 42.8 Å². The highest BCUT2D eigenvalue weighted by Gasteiger charge is 2.13. The van der Waals surface area contributed by atoms with Crippen LogP contribution >= 0.6 is 0 Å². The number of para-hydroxylation sites is 1. The first kappa shape index (κ1) is 16.3. The van der Waals surface area contributed by atoms with Crippen molar-refractivity contribution in [2.24, 2.45) is 0 Å². The molecule has 2 N–H and O–H groups in total. The van der Waals surface area contributed by atoms with E-state index in [0.29, 0.717) is 13.0 Å². The number of nitrogens with one attached hydrogen (secondary N) is 2. The summed E-state index contributed by atoms with van der Waals surface area (Å²) >= 11 is 0. The van der Waals surface area contributed by atoms with Gasteiger partial charge in [-0.1, -0.05) is 18.2 Å². The van der Waals surface area contributed by atoms with Gasteiger partial charge in [0.15, 0.2) is 0 Å². The minimum atomic E-state index is 0.180. The third kappa shape index (κ3) is 3.35. The summed E-state index contributed by atoms with van der Waals surface area (Å²) in [5.74, 6) is 0.180. The average molecular weight is 324 g/mol. The second-order valence-corrected chi connectivity index (χ2v) is 6.34. The second-order valence-electron chi connectivity index (χ2n) is 6.34. The first-order valence-corrected chi connectivity index (χ1v) is 8.35. The minimum absolute atomic E-state index is 0.180. The minimum Gasteiger partial charge on any atom is -0.361 e. The van der Waals surface area contributed by atoms with Gasteiger partial charge < -0.3 is 9.88 Å². The average Bonchev–Trinajstić information content (AvgIpc) is 3.14. The number of aromatic nitrogens is 3. The number of hydrogen-bond donors (Lipinski definition) is 2. The topological polar surface area (TPSA) is 64.8 Å². The number of rotatable bonds is 6. The Kier molecular flexibility index (Phi) is 4.69. The lowest BCUT2D eigenvalue weighted by Crippen LogP contribution is -2.29. The van der Waals surface area contributed by atoms with Crippen LogP contribution < -0.4 is 0 Å². The lowest BCUT2D eigenvalue weighted by Gasteiger charge is -2.17. The highest BCUT2D eigenvalue weighted by atomic mass is 16.2. The van der Waals surface area contributed by atoms with Gasteiger partial charge in [0.2, 0.25) is 5.91 Å². The van der Waals surface area contributed by atoms with E-state index in [9.17, 15) is 4.79 Å². The zero-order valence-corrected chi connectivity index (χ0v) is 14.5. The molecular weight excluding hydrogens is 300 g/mol. The fourth-order valence-corrected chi connectivity index (χ4v) is 3.12. The summed E-state index contributed by atoms with van der Waals surface area (Å²) in [6.07, 6.45) is 4.14.